The van der Waals surface area contributed by atoms with Gasteiger partial charge in [0.1, 0.15) is 11.6 Å². The molecule has 2 N–H and O–H groups in total. The molecule has 0 amide bonds. The van der Waals surface area contributed by atoms with Crippen molar-refractivity contribution in [3.8, 4) is 5.75 Å². The number of nitrogens with zero attached hydrogens (tertiary/aromatic N) is 2. The van der Waals surface area contributed by atoms with Gasteiger partial charge < -0.3 is 24.7 Å². The maximum atomic E-state index is 5.80. The number of rotatable bonds is 5. The maximum absolute atomic E-state index is 5.80. The number of hydrogen-bond donors (Lipinski definition) is 2. The van der Waals surface area contributed by atoms with Gasteiger partial charge in [-0.1, -0.05) is 0 Å². The molecule has 0 saturated carbocycles. The van der Waals surface area contributed by atoms with Crippen LogP contribution in [0.25, 0.3) is 0 Å². The van der Waals surface area contributed by atoms with Crippen molar-refractivity contribution in [1.82, 2.24) is 9.97 Å². The van der Waals surface area contributed by atoms with E-state index in [9.17, 15) is 0 Å². The van der Waals surface area contributed by atoms with E-state index in [2.05, 4.69) is 59.2 Å². The first-order chi connectivity index (χ1) is 11.5. The van der Waals surface area contributed by atoms with Crippen molar-refractivity contribution < 1.29 is 9.47 Å². The second-order valence-electron chi connectivity index (χ2n) is 6.75. The number of methoxy groups -OCH3 is 1. The van der Waals surface area contributed by atoms with Crippen molar-refractivity contribution in [2.75, 3.05) is 37.0 Å². The van der Waals surface area contributed by atoms with Crippen molar-refractivity contribution >= 4 is 11.4 Å². The van der Waals surface area contributed by atoms with Crippen LogP contribution in [0.3, 0.4) is 0 Å². The number of H-pyrrole nitrogens is 1. The molecule has 1 aliphatic heterocycles. The lowest BCUT2D eigenvalue weighted by Crippen LogP contribution is -2.48. The molecule has 0 aliphatic carbocycles. The molecule has 6 heteroatoms. The predicted molar refractivity (Wildman–Crippen MR) is 95.9 cm³/mol. The molecule has 1 aromatic heterocycles. The lowest BCUT2D eigenvalue weighted by Gasteiger charge is -2.39. The minimum Gasteiger partial charge on any atom is -0.495 e. The summed E-state index contributed by atoms with van der Waals surface area (Å²) in [5.41, 5.74) is 1.98. The Bertz CT molecular complexity index is 670. The number of morpholine rings is 1. The first-order valence-corrected chi connectivity index (χ1v) is 8.31. The Labute approximate surface area is 143 Å². The fraction of sp³-hybridized carbons (Fsp3) is 0.500. The van der Waals surface area contributed by atoms with E-state index < -0.39 is 0 Å². The van der Waals surface area contributed by atoms with Crippen LogP contribution < -0.4 is 15.0 Å². The van der Waals surface area contributed by atoms with E-state index in [0.717, 1.165) is 42.6 Å². The predicted octanol–water partition coefficient (Wildman–Crippen LogP) is 3.21. The van der Waals surface area contributed by atoms with Crippen LogP contribution in [0.15, 0.2) is 30.6 Å². The quantitative estimate of drug-likeness (QED) is 0.881. The van der Waals surface area contributed by atoms with Crippen LogP contribution in [-0.2, 0) is 4.74 Å². The highest BCUT2D eigenvalue weighted by Gasteiger charge is 2.27. The second-order valence-corrected chi connectivity index (χ2v) is 6.75. The summed E-state index contributed by atoms with van der Waals surface area (Å²) < 4.78 is 11.4. The molecular formula is C18H26N4O2. The molecule has 2 heterocycles. The summed E-state index contributed by atoms with van der Waals surface area (Å²) >= 11 is 0. The van der Waals surface area contributed by atoms with Crippen LogP contribution >= 0.6 is 0 Å². The van der Waals surface area contributed by atoms with Crippen LogP contribution in [-0.4, -0.2) is 42.4 Å². The standard InChI is InChI=1S/C18H26N4O2/c1-13(17-19-7-8-20-17)21-15-6-5-14(11-16(15)23-4)22-9-10-24-18(2,3)12-22/h5-8,11,13,21H,9-10,12H2,1-4H3,(H,19,20). The van der Waals surface area contributed by atoms with Crippen molar-refractivity contribution in [2.24, 2.45) is 0 Å². The van der Waals surface area contributed by atoms with Gasteiger partial charge in [0.25, 0.3) is 0 Å². The summed E-state index contributed by atoms with van der Waals surface area (Å²) in [5, 5.41) is 3.45. The average molecular weight is 330 g/mol. The van der Waals surface area contributed by atoms with Gasteiger partial charge in [0.15, 0.2) is 0 Å². The zero-order chi connectivity index (χ0) is 17.2. The average Bonchev–Trinajstić information content (AvgIpc) is 3.09. The van der Waals surface area contributed by atoms with E-state index in [-0.39, 0.29) is 11.6 Å². The van der Waals surface area contributed by atoms with Gasteiger partial charge in [-0.05, 0) is 32.9 Å². The number of hydrogen-bond acceptors (Lipinski definition) is 5. The molecule has 2 aromatic rings. The Morgan fingerprint density at radius 2 is 2.25 bits per heavy atom. The van der Waals surface area contributed by atoms with Gasteiger partial charge in [-0.25, -0.2) is 4.98 Å². The topological polar surface area (TPSA) is 62.4 Å². The van der Waals surface area contributed by atoms with Crippen LogP contribution in [0, 0.1) is 0 Å². The smallest absolute Gasteiger partial charge is 0.144 e. The third-order valence-corrected chi connectivity index (χ3v) is 4.28. The maximum Gasteiger partial charge on any atom is 0.144 e. The summed E-state index contributed by atoms with van der Waals surface area (Å²) in [5.74, 6) is 1.73. The zero-order valence-electron chi connectivity index (χ0n) is 14.8. The van der Waals surface area contributed by atoms with Crippen molar-refractivity contribution in [1.29, 1.82) is 0 Å². The van der Waals surface area contributed by atoms with Crippen LogP contribution in [0.2, 0.25) is 0 Å². The molecule has 1 unspecified atom stereocenters. The number of aromatic amines is 1. The lowest BCUT2D eigenvalue weighted by atomic mass is 10.1. The Morgan fingerprint density at radius 3 is 2.92 bits per heavy atom. The van der Waals surface area contributed by atoms with E-state index in [0.29, 0.717) is 0 Å². The largest absolute Gasteiger partial charge is 0.495 e. The molecule has 0 radical (unpaired) electrons. The third kappa shape index (κ3) is 3.64. The summed E-state index contributed by atoms with van der Waals surface area (Å²) in [4.78, 5) is 9.76. The van der Waals surface area contributed by atoms with E-state index >= 15 is 0 Å². The Morgan fingerprint density at radius 1 is 1.42 bits per heavy atom. The number of aromatic nitrogens is 2. The van der Waals surface area contributed by atoms with Crippen LogP contribution in [0.4, 0.5) is 11.4 Å². The van der Waals surface area contributed by atoms with Gasteiger partial charge in [0, 0.05) is 37.2 Å². The molecule has 130 valence electrons. The lowest BCUT2D eigenvalue weighted by molar-refractivity contribution is -0.0277. The van der Waals surface area contributed by atoms with Gasteiger partial charge in [-0.15, -0.1) is 0 Å². The van der Waals surface area contributed by atoms with E-state index in [1.54, 1.807) is 13.3 Å². The molecule has 3 rings (SSSR count). The van der Waals surface area contributed by atoms with Crippen LogP contribution in [0.5, 0.6) is 5.75 Å². The summed E-state index contributed by atoms with van der Waals surface area (Å²) in [6.07, 6.45) is 3.59. The highest BCUT2D eigenvalue weighted by Crippen LogP contribution is 2.33. The Hall–Kier alpha value is -2.21. The van der Waals surface area contributed by atoms with Gasteiger partial charge in [-0.2, -0.15) is 0 Å². The number of anilines is 2. The number of nitrogens with one attached hydrogen (secondary N) is 2. The minimum absolute atomic E-state index is 0.0714. The first kappa shape index (κ1) is 16.6. The SMILES string of the molecule is COc1cc(N2CCOC(C)(C)C2)ccc1NC(C)c1ncc[nH]1. The van der Waals surface area contributed by atoms with E-state index in [4.69, 9.17) is 9.47 Å². The number of benzene rings is 1. The van der Waals surface area contributed by atoms with E-state index in [1.165, 1.54) is 0 Å². The van der Waals surface area contributed by atoms with Gasteiger partial charge >= 0.3 is 0 Å². The molecule has 0 bridgehead atoms. The van der Waals surface area contributed by atoms with Gasteiger partial charge in [-0.3, -0.25) is 0 Å². The Balaban J connectivity index is 1.78. The third-order valence-electron chi connectivity index (χ3n) is 4.28. The molecule has 1 aromatic carbocycles. The normalized spacial score (nSPS) is 18.2. The molecule has 1 atom stereocenters. The van der Waals surface area contributed by atoms with Crippen LogP contribution in [0.1, 0.15) is 32.6 Å². The van der Waals surface area contributed by atoms with Gasteiger partial charge in [0.2, 0.25) is 0 Å². The van der Waals surface area contributed by atoms with Crippen molar-refractivity contribution in [3.05, 3.63) is 36.4 Å². The fourth-order valence-electron chi connectivity index (χ4n) is 3.05. The zero-order valence-corrected chi connectivity index (χ0v) is 14.8. The molecular weight excluding hydrogens is 304 g/mol. The number of imidazole rings is 1. The monoisotopic (exact) mass is 330 g/mol. The number of ether oxygens (including phenoxy) is 2. The first-order valence-electron chi connectivity index (χ1n) is 8.31. The molecule has 1 saturated heterocycles. The fourth-order valence-corrected chi connectivity index (χ4v) is 3.05. The van der Waals surface area contributed by atoms with Crippen molar-refractivity contribution in [3.63, 3.8) is 0 Å². The minimum atomic E-state index is -0.129. The summed E-state index contributed by atoms with van der Waals surface area (Å²) in [6, 6.07) is 6.34. The molecule has 24 heavy (non-hydrogen) atoms. The summed E-state index contributed by atoms with van der Waals surface area (Å²) in [6.45, 7) is 8.81. The highest BCUT2D eigenvalue weighted by molar-refractivity contribution is 5.65. The molecule has 6 nitrogen and oxygen atoms in total. The van der Waals surface area contributed by atoms with Gasteiger partial charge in [0.05, 0.1) is 31.0 Å². The summed E-state index contributed by atoms with van der Waals surface area (Å²) in [7, 11) is 1.70. The molecule has 1 aliphatic rings. The second kappa shape index (κ2) is 6.73. The molecule has 0 spiro atoms. The van der Waals surface area contributed by atoms with E-state index in [1.807, 2.05) is 6.20 Å². The highest BCUT2D eigenvalue weighted by atomic mass is 16.5. The van der Waals surface area contributed by atoms with Crippen molar-refractivity contribution in [2.45, 2.75) is 32.4 Å². The Kier molecular flexibility index (Phi) is 4.66. The molecule has 1 fully saturated rings.